The zero-order valence-corrected chi connectivity index (χ0v) is 21.5. The molecule has 2 rings (SSSR count). The molecule has 0 fully saturated rings. The van der Waals surface area contributed by atoms with E-state index in [1.54, 1.807) is 36.4 Å². The van der Waals surface area contributed by atoms with Gasteiger partial charge >= 0.3 is 5.97 Å². The number of carbonyl (C=O) groups is 1. The molecule has 0 aliphatic rings. The van der Waals surface area contributed by atoms with Gasteiger partial charge in [0.15, 0.2) is 11.6 Å². The maximum absolute atomic E-state index is 14.9. The summed E-state index contributed by atoms with van der Waals surface area (Å²) >= 11 is 0. The summed E-state index contributed by atoms with van der Waals surface area (Å²) in [5, 5.41) is 9.36. The molecule has 34 heavy (non-hydrogen) atoms. The number of hydrogen-bond donors (Lipinski definition) is 1. The van der Waals surface area contributed by atoms with Crippen molar-refractivity contribution in [3.05, 3.63) is 60.2 Å². The smallest absolute Gasteiger partial charge is 0.335 e. The molecule has 0 aromatic heterocycles. The summed E-state index contributed by atoms with van der Waals surface area (Å²) in [6.45, 7) is 10.1. The lowest BCUT2D eigenvalue weighted by atomic mass is 10.0. The van der Waals surface area contributed by atoms with Crippen LogP contribution in [0.15, 0.2) is 48.6 Å². The van der Waals surface area contributed by atoms with Crippen molar-refractivity contribution in [2.24, 2.45) is 0 Å². The van der Waals surface area contributed by atoms with Gasteiger partial charge in [-0.2, -0.15) is 0 Å². The second-order valence-electron chi connectivity index (χ2n) is 9.11. The molecule has 0 heterocycles. The molecule has 0 aliphatic heterocycles. The molecule has 186 valence electrons. The van der Waals surface area contributed by atoms with E-state index < -0.39 is 32.3 Å². The molecule has 2 aromatic rings. The first kappa shape index (κ1) is 27.7. The van der Waals surface area contributed by atoms with Crippen molar-refractivity contribution in [2.75, 3.05) is 19.8 Å². The van der Waals surface area contributed by atoms with Crippen molar-refractivity contribution in [2.45, 2.75) is 58.2 Å². The van der Waals surface area contributed by atoms with Gasteiger partial charge in [-0.05, 0) is 42.1 Å². The van der Waals surface area contributed by atoms with Crippen molar-refractivity contribution < 1.29 is 28.2 Å². The van der Waals surface area contributed by atoms with E-state index in [1.165, 1.54) is 0 Å². The van der Waals surface area contributed by atoms with Crippen LogP contribution in [0, 0.1) is 11.6 Å². The van der Waals surface area contributed by atoms with Gasteiger partial charge in [-0.25, -0.2) is 13.6 Å². The quantitative estimate of drug-likeness (QED) is 0.153. The van der Waals surface area contributed by atoms with E-state index in [-0.39, 0.29) is 17.7 Å². The van der Waals surface area contributed by atoms with Gasteiger partial charge in [0.25, 0.3) is 0 Å². The van der Waals surface area contributed by atoms with Gasteiger partial charge in [-0.3, -0.25) is 0 Å². The number of aliphatic hydroxyl groups is 1. The standard InChI is InChI=1S/C27H36F2O4Si/c1-5-6-18-34(3,4)24-15-14-23(25(28)26(24)29)21-10-12-22(13-11-21)32-16-8-7-9-17-33-27(31)20(2)19-30/h10-15,30H,2,5-9,16-19H2,1,3-4H3. The summed E-state index contributed by atoms with van der Waals surface area (Å²) < 4.78 is 40.6. The fourth-order valence-corrected chi connectivity index (χ4v) is 6.43. The van der Waals surface area contributed by atoms with Crippen molar-refractivity contribution in [1.82, 2.24) is 0 Å². The first-order valence-electron chi connectivity index (χ1n) is 11.9. The lowest BCUT2D eigenvalue weighted by Crippen LogP contribution is -2.43. The van der Waals surface area contributed by atoms with Crippen LogP contribution in [0.25, 0.3) is 11.1 Å². The molecule has 2 aromatic carbocycles. The van der Waals surface area contributed by atoms with Gasteiger partial charge in [0, 0.05) is 5.56 Å². The van der Waals surface area contributed by atoms with Crippen LogP contribution < -0.4 is 9.92 Å². The van der Waals surface area contributed by atoms with Crippen molar-refractivity contribution >= 4 is 19.2 Å². The number of rotatable bonds is 14. The van der Waals surface area contributed by atoms with E-state index >= 15 is 0 Å². The number of carbonyl (C=O) groups excluding carboxylic acids is 1. The first-order chi connectivity index (χ1) is 16.2. The normalized spacial score (nSPS) is 11.4. The van der Waals surface area contributed by atoms with Gasteiger partial charge in [0.2, 0.25) is 0 Å². The Hall–Kier alpha value is -2.51. The third-order valence-corrected chi connectivity index (χ3v) is 9.35. The lowest BCUT2D eigenvalue weighted by molar-refractivity contribution is -0.139. The molecular formula is C27H36F2O4Si. The molecule has 0 saturated carbocycles. The molecule has 0 aliphatic carbocycles. The predicted octanol–water partition coefficient (Wildman–Crippen LogP) is 5.99. The Morgan fingerprint density at radius 3 is 2.29 bits per heavy atom. The second kappa shape index (κ2) is 13.4. The van der Waals surface area contributed by atoms with Crippen LogP contribution in [0.3, 0.4) is 0 Å². The number of esters is 1. The van der Waals surface area contributed by atoms with Crippen LogP contribution in [0.5, 0.6) is 5.75 Å². The van der Waals surface area contributed by atoms with Gasteiger partial charge in [-0.15, -0.1) is 0 Å². The third kappa shape index (κ3) is 7.77. The fraction of sp³-hybridized carbons (Fsp3) is 0.444. The van der Waals surface area contributed by atoms with Crippen LogP contribution >= 0.6 is 0 Å². The summed E-state index contributed by atoms with van der Waals surface area (Å²) in [7, 11) is -2.02. The van der Waals surface area contributed by atoms with Crippen molar-refractivity contribution in [3.63, 3.8) is 0 Å². The molecule has 0 unspecified atom stereocenters. The van der Waals surface area contributed by atoms with Crippen LogP contribution in [-0.4, -0.2) is 39.0 Å². The predicted molar refractivity (Wildman–Crippen MR) is 135 cm³/mol. The maximum atomic E-state index is 14.9. The van der Waals surface area contributed by atoms with E-state index in [2.05, 4.69) is 26.6 Å². The molecule has 1 N–H and O–H groups in total. The molecule has 4 nitrogen and oxygen atoms in total. The highest BCUT2D eigenvalue weighted by atomic mass is 28.3. The molecule has 0 radical (unpaired) electrons. The maximum Gasteiger partial charge on any atom is 0.335 e. The highest BCUT2D eigenvalue weighted by Crippen LogP contribution is 2.27. The average molecular weight is 491 g/mol. The number of halogens is 2. The van der Waals surface area contributed by atoms with Crippen molar-refractivity contribution in [3.8, 4) is 16.9 Å². The SMILES string of the molecule is C=C(CO)C(=O)OCCCCCOc1ccc(-c2ccc([Si](C)(C)CCCC)c(F)c2F)cc1. The van der Waals surface area contributed by atoms with Crippen LogP contribution in [0.2, 0.25) is 19.1 Å². The molecule has 0 amide bonds. The third-order valence-electron chi connectivity index (χ3n) is 5.90. The molecule has 0 saturated heterocycles. The molecule has 0 spiro atoms. The minimum atomic E-state index is -2.02. The van der Waals surface area contributed by atoms with Gasteiger partial charge in [-0.1, -0.05) is 69.7 Å². The second-order valence-corrected chi connectivity index (χ2v) is 13.9. The first-order valence-corrected chi connectivity index (χ1v) is 15.1. The van der Waals surface area contributed by atoms with Crippen LogP contribution in [-0.2, 0) is 9.53 Å². The number of unbranched alkanes of at least 4 members (excludes halogenated alkanes) is 3. The average Bonchev–Trinajstić information content (AvgIpc) is 2.83. The molecular weight excluding hydrogens is 454 g/mol. The van der Waals surface area contributed by atoms with Crippen LogP contribution in [0.1, 0.15) is 39.0 Å². The number of ether oxygens (including phenoxy) is 2. The summed E-state index contributed by atoms with van der Waals surface area (Å²) in [4.78, 5) is 11.4. The van der Waals surface area contributed by atoms with E-state index in [0.29, 0.717) is 29.5 Å². The fourth-order valence-electron chi connectivity index (χ4n) is 3.68. The van der Waals surface area contributed by atoms with Gasteiger partial charge < -0.3 is 14.6 Å². The summed E-state index contributed by atoms with van der Waals surface area (Å²) in [5.74, 6) is -1.42. The highest BCUT2D eigenvalue weighted by Gasteiger charge is 2.28. The molecule has 7 heteroatoms. The Morgan fingerprint density at radius 2 is 1.65 bits per heavy atom. The Balaban J connectivity index is 1.87. The van der Waals surface area contributed by atoms with E-state index in [4.69, 9.17) is 14.6 Å². The number of aliphatic hydroxyl groups excluding tert-OH is 1. The highest BCUT2D eigenvalue weighted by molar-refractivity contribution is 6.89. The molecule has 0 bridgehead atoms. The Kier molecular flexibility index (Phi) is 10.9. The van der Waals surface area contributed by atoms with E-state index in [1.807, 2.05) is 0 Å². The van der Waals surface area contributed by atoms with Gasteiger partial charge in [0.05, 0.1) is 33.5 Å². The zero-order chi connectivity index (χ0) is 25.1. The number of benzene rings is 2. The minimum Gasteiger partial charge on any atom is -0.494 e. The van der Waals surface area contributed by atoms with E-state index in [9.17, 15) is 13.6 Å². The minimum absolute atomic E-state index is 0.0445. The largest absolute Gasteiger partial charge is 0.494 e. The Morgan fingerprint density at radius 1 is 0.971 bits per heavy atom. The van der Waals surface area contributed by atoms with Crippen LogP contribution in [0.4, 0.5) is 8.78 Å². The molecule has 0 atom stereocenters. The Labute approximate surface area is 202 Å². The van der Waals surface area contributed by atoms with Crippen molar-refractivity contribution in [1.29, 1.82) is 0 Å². The Bertz CT molecular complexity index is 958. The zero-order valence-electron chi connectivity index (χ0n) is 20.5. The van der Waals surface area contributed by atoms with E-state index in [0.717, 1.165) is 31.7 Å². The number of hydrogen-bond acceptors (Lipinski definition) is 4. The summed E-state index contributed by atoms with van der Waals surface area (Å²) in [6.07, 6.45) is 4.35. The summed E-state index contributed by atoms with van der Waals surface area (Å²) in [6, 6.07) is 11.4. The monoisotopic (exact) mass is 490 g/mol. The topological polar surface area (TPSA) is 55.8 Å². The van der Waals surface area contributed by atoms with Gasteiger partial charge in [0.1, 0.15) is 5.75 Å². The lowest BCUT2D eigenvalue weighted by Gasteiger charge is -2.24. The summed E-state index contributed by atoms with van der Waals surface area (Å²) in [5.41, 5.74) is 0.907.